The van der Waals surface area contributed by atoms with Gasteiger partial charge in [0.1, 0.15) is 5.82 Å². The normalized spacial score (nSPS) is 23.9. The predicted octanol–water partition coefficient (Wildman–Crippen LogP) is 0.807. The fourth-order valence-electron chi connectivity index (χ4n) is 4.58. The van der Waals surface area contributed by atoms with Crippen LogP contribution in [0, 0.1) is 11.2 Å². The van der Waals surface area contributed by atoms with E-state index in [9.17, 15) is 14.0 Å². The summed E-state index contributed by atoms with van der Waals surface area (Å²) in [7, 11) is 0. The average molecular weight is 346 g/mol. The van der Waals surface area contributed by atoms with Crippen LogP contribution in [-0.2, 0) is 9.59 Å². The number of rotatable bonds is 3. The largest absolute Gasteiger partial charge is 0.360 e. The molecule has 1 N–H and O–H groups in total. The summed E-state index contributed by atoms with van der Waals surface area (Å²) in [4.78, 5) is 30.2. The Morgan fingerprint density at radius 1 is 1.04 bits per heavy atom. The van der Waals surface area contributed by atoms with E-state index in [4.69, 9.17) is 0 Å². The predicted molar refractivity (Wildman–Crippen MR) is 91.5 cm³/mol. The molecule has 2 heterocycles. The van der Waals surface area contributed by atoms with Crippen LogP contribution in [0.1, 0.15) is 32.1 Å². The van der Waals surface area contributed by atoms with Gasteiger partial charge in [0, 0.05) is 12.1 Å². The fraction of sp³-hybridized carbons (Fsp3) is 0.579. The molecule has 134 valence electrons. The first kappa shape index (κ1) is 16.5. The Balaban J connectivity index is 1.35. The lowest BCUT2D eigenvalue weighted by atomic mass is 9.85. The molecule has 1 aromatic rings. The summed E-state index contributed by atoms with van der Waals surface area (Å²) in [6.45, 7) is 3.95. The van der Waals surface area contributed by atoms with Crippen molar-refractivity contribution in [3.63, 3.8) is 0 Å². The average Bonchev–Trinajstić information content (AvgIpc) is 3.17. The number of piperazine rings is 1. The number of carbonyl (C=O) groups excluding carboxylic acids is 2. The van der Waals surface area contributed by atoms with Crippen LogP contribution in [0.25, 0.3) is 0 Å². The van der Waals surface area contributed by atoms with Crippen molar-refractivity contribution in [1.29, 1.82) is 0 Å². The molecular weight excluding hydrogens is 321 g/mol. The molecule has 3 aliphatic rings. The van der Waals surface area contributed by atoms with E-state index in [2.05, 4.69) is 4.90 Å². The Labute approximate surface area is 147 Å². The zero-order valence-corrected chi connectivity index (χ0v) is 14.5. The SMILES string of the molecule is O=C1CC2(CCCC2)C(=O)N1C[NH+]1CCN(c2ccc(F)cc2)CC1. The molecule has 2 amide bonds. The van der Waals surface area contributed by atoms with Gasteiger partial charge in [0.25, 0.3) is 0 Å². The third kappa shape index (κ3) is 3.03. The highest BCUT2D eigenvalue weighted by atomic mass is 19.1. The third-order valence-electron chi connectivity index (χ3n) is 6.09. The molecule has 2 saturated heterocycles. The zero-order chi connectivity index (χ0) is 17.4. The molecule has 25 heavy (non-hydrogen) atoms. The van der Waals surface area contributed by atoms with Crippen molar-refractivity contribution in [2.45, 2.75) is 32.1 Å². The lowest BCUT2D eigenvalue weighted by Crippen LogP contribution is -3.16. The van der Waals surface area contributed by atoms with E-state index in [-0.39, 0.29) is 23.0 Å². The van der Waals surface area contributed by atoms with Crippen LogP contribution in [0.2, 0.25) is 0 Å². The van der Waals surface area contributed by atoms with Gasteiger partial charge >= 0.3 is 0 Å². The first-order valence-electron chi connectivity index (χ1n) is 9.26. The Morgan fingerprint density at radius 2 is 1.68 bits per heavy atom. The molecule has 0 radical (unpaired) electrons. The van der Waals surface area contributed by atoms with Crippen molar-refractivity contribution in [2.75, 3.05) is 37.7 Å². The number of halogens is 1. The number of hydrogen-bond donors (Lipinski definition) is 1. The summed E-state index contributed by atoms with van der Waals surface area (Å²) in [5.41, 5.74) is 0.658. The molecule has 2 aliphatic heterocycles. The summed E-state index contributed by atoms with van der Waals surface area (Å²) in [5.74, 6) is -0.135. The number of amides is 2. The molecule has 0 aromatic heterocycles. The van der Waals surface area contributed by atoms with Crippen LogP contribution in [0.15, 0.2) is 24.3 Å². The molecule has 0 atom stereocenters. The molecule has 0 unspecified atom stereocenters. The van der Waals surface area contributed by atoms with E-state index in [1.807, 2.05) is 0 Å². The van der Waals surface area contributed by atoms with Crippen molar-refractivity contribution in [3.8, 4) is 0 Å². The molecular formula is C19H25FN3O2+. The van der Waals surface area contributed by atoms with Gasteiger partial charge in [-0.25, -0.2) is 9.29 Å². The standard InChI is InChI=1S/C19H24FN3O2/c20-15-3-5-16(6-4-15)22-11-9-21(10-12-22)14-23-17(24)13-19(18(23)25)7-1-2-8-19/h3-6H,1-2,7-14H2/p+1. The maximum Gasteiger partial charge on any atom is 0.240 e. The second-order valence-corrected chi connectivity index (χ2v) is 7.66. The summed E-state index contributed by atoms with van der Waals surface area (Å²) in [6, 6.07) is 6.57. The highest BCUT2D eigenvalue weighted by Gasteiger charge is 2.53. The van der Waals surface area contributed by atoms with Crippen LogP contribution >= 0.6 is 0 Å². The number of benzene rings is 1. The van der Waals surface area contributed by atoms with Crippen molar-refractivity contribution < 1.29 is 18.9 Å². The summed E-state index contributed by atoms with van der Waals surface area (Å²) in [6.07, 6.45) is 4.30. The minimum Gasteiger partial charge on any atom is -0.360 e. The van der Waals surface area contributed by atoms with Gasteiger partial charge in [-0.1, -0.05) is 12.8 Å². The van der Waals surface area contributed by atoms with Crippen LogP contribution in [0.5, 0.6) is 0 Å². The van der Waals surface area contributed by atoms with E-state index >= 15 is 0 Å². The minimum atomic E-state index is -0.369. The van der Waals surface area contributed by atoms with E-state index < -0.39 is 0 Å². The lowest BCUT2D eigenvalue weighted by Gasteiger charge is -2.35. The molecule has 1 saturated carbocycles. The number of anilines is 1. The number of carbonyl (C=O) groups is 2. The number of nitrogens with zero attached hydrogens (tertiary/aromatic N) is 2. The van der Waals surface area contributed by atoms with Crippen molar-refractivity contribution in [1.82, 2.24) is 4.90 Å². The maximum absolute atomic E-state index is 13.1. The number of hydrogen-bond acceptors (Lipinski definition) is 3. The second kappa shape index (κ2) is 6.41. The highest BCUT2D eigenvalue weighted by Crippen LogP contribution is 2.46. The Hall–Kier alpha value is -1.95. The second-order valence-electron chi connectivity index (χ2n) is 7.66. The molecule has 1 aromatic carbocycles. The van der Waals surface area contributed by atoms with E-state index in [0.717, 1.165) is 57.5 Å². The molecule has 3 fully saturated rings. The number of imide groups is 1. The first-order valence-corrected chi connectivity index (χ1v) is 9.26. The first-order chi connectivity index (χ1) is 12.1. The molecule has 4 rings (SSSR count). The minimum absolute atomic E-state index is 0.0142. The van der Waals surface area contributed by atoms with Crippen molar-refractivity contribution in [3.05, 3.63) is 30.1 Å². The smallest absolute Gasteiger partial charge is 0.240 e. The summed E-state index contributed by atoms with van der Waals surface area (Å²) >= 11 is 0. The van der Waals surface area contributed by atoms with Crippen LogP contribution in [0.3, 0.4) is 0 Å². The third-order valence-corrected chi connectivity index (χ3v) is 6.09. The quantitative estimate of drug-likeness (QED) is 0.824. The number of nitrogens with one attached hydrogen (secondary N) is 1. The highest BCUT2D eigenvalue weighted by molar-refractivity contribution is 6.05. The van der Waals surface area contributed by atoms with Crippen LogP contribution in [0.4, 0.5) is 10.1 Å². The van der Waals surface area contributed by atoms with Gasteiger partial charge < -0.3 is 9.80 Å². The number of quaternary nitrogens is 1. The molecule has 1 aliphatic carbocycles. The van der Waals surface area contributed by atoms with Gasteiger partial charge in [0.2, 0.25) is 11.8 Å². The summed E-state index contributed by atoms with van der Waals surface area (Å²) in [5, 5.41) is 0. The van der Waals surface area contributed by atoms with Crippen LogP contribution in [-0.4, -0.2) is 49.6 Å². The van der Waals surface area contributed by atoms with Gasteiger partial charge in [-0.3, -0.25) is 9.59 Å². The van der Waals surface area contributed by atoms with Gasteiger partial charge in [0.15, 0.2) is 6.67 Å². The van der Waals surface area contributed by atoms with Crippen molar-refractivity contribution >= 4 is 17.5 Å². The lowest BCUT2D eigenvalue weighted by molar-refractivity contribution is -0.908. The fourth-order valence-corrected chi connectivity index (χ4v) is 4.58. The number of likely N-dealkylation sites (tertiary alicyclic amines) is 1. The monoisotopic (exact) mass is 346 g/mol. The molecule has 6 heteroatoms. The topological polar surface area (TPSA) is 45.1 Å². The van der Waals surface area contributed by atoms with E-state index in [1.54, 1.807) is 12.1 Å². The van der Waals surface area contributed by atoms with Gasteiger partial charge in [-0.15, -0.1) is 0 Å². The van der Waals surface area contributed by atoms with Gasteiger partial charge in [-0.05, 0) is 37.1 Å². The summed E-state index contributed by atoms with van der Waals surface area (Å²) < 4.78 is 13.1. The Kier molecular flexibility index (Phi) is 4.23. The molecule has 5 nitrogen and oxygen atoms in total. The Bertz CT molecular complexity index is 662. The van der Waals surface area contributed by atoms with Gasteiger partial charge in [-0.2, -0.15) is 0 Å². The molecule has 1 spiro atoms. The van der Waals surface area contributed by atoms with E-state index in [1.165, 1.54) is 21.9 Å². The Morgan fingerprint density at radius 3 is 2.32 bits per heavy atom. The van der Waals surface area contributed by atoms with Crippen LogP contribution < -0.4 is 9.80 Å². The maximum atomic E-state index is 13.1. The van der Waals surface area contributed by atoms with Gasteiger partial charge in [0.05, 0.1) is 31.6 Å². The molecule has 0 bridgehead atoms. The zero-order valence-electron chi connectivity index (χ0n) is 14.5. The van der Waals surface area contributed by atoms with Crippen molar-refractivity contribution in [2.24, 2.45) is 5.41 Å². The van der Waals surface area contributed by atoms with E-state index in [0.29, 0.717) is 13.1 Å².